The van der Waals surface area contributed by atoms with E-state index in [0.717, 1.165) is 37.9 Å². The van der Waals surface area contributed by atoms with Gasteiger partial charge < -0.3 is 10.6 Å². The average Bonchev–Trinajstić information content (AvgIpc) is 2.60. The molecule has 1 aliphatic heterocycles. The maximum atomic E-state index is 12.4. The molecule has 2 N–H and O–H groups in total. The van der Waals surface area contributed by atoms with Crippen molar-refractivity contribution < 1.29 is 4.79 Å². The molecule has 1 amide bonds. The Bertz CT molecular complexity index is 429. The van der Waals surface area contributed by atoms with E-state index in [4.69, 9.17) is 5.73 Å². The number of carbonyl (C=O) groups is 1. The fraction of sp³-hybridized carbons (Fsp3) is 0.562. The van der Waals surface area contributed by atoms with Gasteiger partial charge in [0.1, 0.15) is 0 Å². The normalized spacial score (nSPS) is 16.6. The van der Waals surface area contributed by atoms with Crippen molar-refractivity contribution in [2.45, 2.75) is 51.5 Å². The van der Waals surface area contributed by atoms with Gasteiger partial charge in [-0.2, -0.15) is 0 Å². The third-order valence-corrected chi connectivity index (χ3v) is 3.71. The maximum absolute atomic E-state index is 12.4. The second-order valence-electron chi connectivity index (χ2n) is 5.50. The highest BCUT2D eigenvalue weighted by atomic mass is 16.2. The molecule has 0 saturated heterocycles. The SMILES string of the molecule is CC(N)CCCC(=O)N1CCCCc2ccccc21. The summed E-state index contributed by atoms with van der Waals surface area (Å²) in [6.07, 6.45) is 5.75. The number of fused-ring (bicyclic) bond motifs is 1. The molecule has 0 bridgehead atoms. The third-order valence-electron chi connectivity index (χ3n) is 3.71. The molecule has 3 nitrogen and oxygen atoms in total. The lowest BCUT2D eigenvalue weighted by molar-refractivity contribution is -0.118. The summed E-state index contributed by atoms with van der Waals surface area (Å²) >= 11 is 0. The molecule has 1 aliphatic rings. The van der Waals surface area contributed by atoms with E-state index in [0.29, 0.717) is 6.42 Å². The molecule has 1 atom stereocenters. The number of nitrogens with two attached hydrogens (primary N) is 1. The van der Waals surface area contributed by atoms with Crippen LogP contribution in [0.2, 0.25) is 0 Å². The molecule has 0 fully saturated rings. The van der Waals surface area contributed by atoms with E-state index in [2.05, 4.69) is 18.2 Å². The average molecular weight is 260 g/mol. The zero-order valence-electron chi connectivity index (χ0n) is 11.8. The molecule has 0 aromatic heterocycles. The van der Waals surface area contributed by atoms with Gasteiger partial charge in [-0.15, -0.1) is 0 Å². The van der Waals surface area contributed by atoms with Gasteiger partial charge in [-0.05, 0) is 50.7 Å². The van der Waals surface area contributed by atoms with Crippen molar-refractivity contribution >= 4 is 11.6 Å². The number of benzene rings is 1. The van der Waals surface area contributed by atoms with Crippen molar-refractivity contribution in [2.75, 3.05) is 11.4 Å². The van der Waals surface area contributed by atoms with Crippen LogP contribution in [0.25, 0.3) is 0 Å². The molecule has 0 spiro atoms. The molecule has 1 heterocycles. The monoisotopic (exact) mass is 260 g/mol. The number of amides is 1. The van der Waals surface area contributed by atoms with Crippen molar-refractivity contribution in [3.63, 3.8) is 0 Å². The van der Waals surface area contributed by atoms with Gasteiger partial charge in [0.2, 0.25) is 5.91 Å². The van der Waals surface area contributed by atoms with Gasteiger partial charge >= 0.3 is 0 Å². The molecular weight excluding hydrogens is 236 g/mol. The second kappa shape index (κ2) is 6.71. The molecule has 0 saturated carbocycles. The van der Waals surface area contributed by atoms with Crippen molar-refractivity contribution in [2.24, 2.45) is 5.73 Å². The fourth-order valence-corrected chi connectivity index (χ4v) is 2.66. The molecule has 104 valence electrons. The highest BCUT2D eigenvalue weighted by molar-refractivity contribution is 5.94. The van der Waals surface area contributed by atoms with E-state index in [9.17, 15) is 4.79 Å². The number of carbonyl (C=O) groups excluding carboxylic acids is 1. The third kappa shape index (κ3) is 3.80. The minimum Gasteiger partial charge on any atom is -0.328 e. The Hall–Kier alpha value is -1.35. The number of anilines is 1. The summed E-state index contributed by atoms with van der Waals surface area (Å²) in [7, 11) is 0. The van der Waals surface area contributed by atoms with Crippen molar-refractivity contribution in [1.82, 2.24) is 0 Å². The largest absolute Gasteiger partial charge is 0.328 e. The van der Waals surface area contributed by atoms with E-state index in [1.165, 1.54) is 12.0 Å². The van der Waals surface area contributed by atoms with Gasteiger partial charge in [0.15, 0.2) is 0 Å². The van der Waals surface area contributed by atoms with Crippen LogP contribution in [-0.4, -0.2) is 18.5 Å². The lowest BCUT2D eigenvalue weighted by Gasteiger charge is -2.23. The minimum atomic E-state index is 0.184. The quantitative estimate of drug-likeness (QED) is 0.904. The first-order chi connectivity index (χ1) is 9.18. The first-order valence-corrected chi connectivity index (χ1v) is 7.32. The topological polar surface area (TPSA) is 46.3 Å². The predicted octanol–water partition coefficient (Wildman–Crippen LogP) is 2.87. The number of para-hydroxylation sites is 1. The number of nitrogens with zero attached hydrogens (tertiary/aromatic N) is 1. The van der Waals surface area contributed by atoms with Crippen LogP contribution in [0.4, 0.5) is 5.69 Å². The van der Waals surface area contributed by atoms with Crippen LogP contribution in [0.5, 0.6) is 0 Å². The van der Waals surface area contributed by atoms with Crippen LogP contribution in [0, 0.1) is 0 Å². The van der Waals surface area contributed by atoms with E-state index < -0.39 is 0 Å². The summed E-state index contributed by atoms with van der Waals surface area (Å²) in [4.78, 5) is 14.4. The fourth-order valence-electron chi connectivity index (χ4n) is 2.66. The Kier molecular flexibility index (Phi) is 4.97. The number of aryl methyl sites for hydroxylation is 1. The summed E-state index contributed by atoms with van der Waals surface area (Å²) in [6.45, 7) is 2.85. The Morgan fingerprint density at radius 1 is 1.37 bits per heavy atom. The van der Waals surface area contributed by atoms with E-state index in [1.807, 2.05) is 17.9 Å². The molecule has 3 heteroatoms. The van der Waals surface area contributed by atoms with Crippen LogP contribution >= 0.6 is 0 Å². The highest BCUT2D eigenvalue weighted by Gasteiger charge is 2.20. The zero-order chi connectivity index (χ0) is 13.7. The van der Waals surface area contributed by atoms with E-state index in [1.54, 1.807) is 0 Å². The van der Waals surface area contributed by atoms with Crippen molar-refractivity contribution in [3.05, 3.63) is 29.8 Å². The zero-order valence-corrected chi connectivity index (χ0v) is 11.8. The first kappa shape index (κ1) is 14.1. The van der Waals surface area contributed by atoms with Gasteiger partial charge in [-0.3, -0.25) is 4.79 Å². The standard InChI is InChI=1S/C16H24N2O/c1-13(17)7-6-11-16(19)18-12-5-4-9-14-8-2-3-10-15(14)18/h2-3,8,10,13H,4-7,9,11-12,17H2,1H3. The van der Waals surface area contributed by atoms with Crippen LogP contribution < -0.4 is 10.6 Å². The Morgan fingerprint density at radius 3 is 2.95 bits per heavy atom. The Balaban J connectivity index is 2.04. The molecule has 0 radical (unpaired) electrons. The number of rotatable bonds is 4. The summed E-state index contributed by atoms with van der Waals surface area (Å²) in [5.41, 5.74) is 8.16. The van der Waals surface area contributed by atoms with Gasteiger partial charge in [0, 0.05) is 24.7 Å². The Morgan fingerprint density at radius 2 is 2.16 bits per heavy atom. The van der Waals surface area contributed by atoms with Gasteiger partial charge in [-0.25, -0.2) is 0 Å². The first-order valence-electron chi connectivity index (χ1n) is 7.32. The lowest BCUT2D eigenvalue weighted by Crippen LogP contribution is -2.31. The molecule has 2 rings (SSSR count). The highest BCUT2D eigenvalue weighted by Crippen LogP contribution is 2.26. The van der Waals surface area contributed by atoms with Crippen LogP contribution in [-0.2, 0) is 11.2 Å². The van der Waals surface area contributed by atoms with E-state index >= 15 is 0 Å². The van der Waals surface area contributed by atoms with Crippen molar-refractivity contribution in [3.8, 4) is 0 Å². The second-order valence-corrected chi connectivity index (χ2v) is 5.50. The smallest absolute Gasteiger partial charge is 0.226 e. The van der Waals surface area contributed by atoms with Crippen LogP contribution in [0.1, 0.15) is 44.6 Å². The number of hydrogen-bond acceptors (Lipinski definition) is 2. The molecule has 0 aliphatic carbocycles. The van der Waals surface area contributed by atoms with Crippen molar-refractivity contribution in [1.29, 1.82) is 0 Å². The molecule has 1 aromatic rings. The van der Waals surface area contributed by atoms with Gasteiger partial charge in [-0.1, -0.05) is 18.2 Å². The molecule has 1 unspecified atom stereocenters. The number of hydrogen-bond donors (Lipinski definition) is 1. The maximum Gasteiger partial charge on any atom is 0.226 e. The summed E-state index contributed by atoms with van der Waals surface area (Å²) in [6, 6.07) is 8.48. The molecule has 19 heavy (non-hydrogen) atoms. The summed E-state index contributed by atoms with van der Waals surface area (Å²) < 4.78 is 0. The summed E-state index contributed by atoms with van der Waals surface area (Å²) in [5, 5.41) is 0. The predicted molar refractivity (Wildman–Crippen MR) is 79.2 cm³/mol. The lowest BCUT2D eigenvalue weighted by atomic mass is 10.1. The van der Waals surface area contributed by atoms with Crippen LogP contribution in [0.15, 0.2) is 24.3 Å². The van der Waals surface area contributed by atoms with Gasteiger partial charge in [0.05, 0.1) is 0 Å². The minimum absolute atomic E-state index is 0.184. The van der Waals surface area contributed by atoms with E-state index in [-0.39, 0.29) is 11.9 Å². The summed E-state index contributed by atoms with van der Waals surface area (Å²) in [5.74, 6) is 0.245. The van der Waals surface area contributed by atoms with Crippen LogP contribution in [0.3, 0.4) is 0 Å². The molecule has 1 aromatic carbocycles. The molecular formula is C16H24N2O. The van der Waals surface area contributed by atoms with Gasteiger partial charge in [0.25, 0.3) is 0 Å². The Labute approximate surface area is 115 Å².